The number of rotatable bonds is 7. The van der Waals surface area contributed by atoms with Gasteiger partial charge in [-0.25, -0.2) is 0 Å². The molecule has 30 heavy (non-hydrogen) atoms. The Kier molecular flexibility index (Phi) is 6.36. The Morgan fingerprint density at radius 3 is 2.43 bits per heavy atom. The van der Waals surface area contributed by atoms with Gasteiger partial charge in [0.2, 0.25) is 11.9 Å². The fourth-order valence-electron chi connectivity index (χ4n) is 2.96. The molecule has 3 aromatic rings. The van der Waals surface area contributed by atoms with Gasteiger partial charge in [0.15, 0.2) is 0 Å². The number of ether oxygens (including phenoxy) is 1. The Hall–Kier alpha value is -3.40. The molecule has 10 heteroatoms. The summed E-state index contributed by atoms with van der Waals surface area (Å²) < 4.78 is 44.9. The smallest absolute Gasteiger partial charge is 0.416 e. The number of benzene rings is 2. The van der Waals surface area contributed by atoms with E-state index in [4.69, 9.17) is 10.5 Å². The lowest BCUT2D eigenvalue weighted by Crippen LogP contribution is -2.22. The van der Waals surface area contributed by atoms with E-state index in [-0.39, 0.29) is 30.5 Å². The molecule has 0 atom stereocenters. The van der Waals surface area contributed by atoms with Crippen molar-refractivity contribution in [1.29, 1.82) is 0 Å². The Labute approximate surface area is 171 Å². The molecule has 0 spiro atoms. The predicted octanol–water partition coefficient (Wildman–Crippen LogP) is 3.86. The van der Waals surface area contributed by atoms with Crippen molar-refractivity contribution in [3.05, 3.63) is 65.5 Å². The summed E-state index contributed by atoms with van der Waals surface area (Å²) in [5, 5.41) is 3.02. The molecule has 0 amide bonds. The summed E-state index contributed by atoms with van der Waals surface area (Å²) in [5.74, 6) is 1.14. The number of nitrogen functional groups attached to an aromatic ring is 1. The third-order valence-corrected chi connectivity index (χ3v) is 4.23. The molecule has 3 N–H and O–H groups in total. The largest absolute Gasteiger partial charge is 0.495 e. The quantitative estimate of drug-likeness (QED) is 0.602. The molecule has 7 nitrogen and oxygen atoms in total. The fourth-order valence-corrected chi connectivity index (χ4v) is 2.96. The molecule has 0 aliphatic carbocycles. The van der Waals surface area contributed by atoms with Gasteiger partial charge < -0.3 is 15.8 Å². The number of alkyl halides is 3. The maximum Gasteiger partial charge on any atom is 0.416 e. The molecule has 0 radical (unpaired) electrons. The first-order valence-electron chi connectivity index (χ1n) is 9.00. The van der Waals surface area contributed by atoms with Gasteiger partial charge in [-0.2, -0.15) is 28.1 Å². The highest BCUT2D eigenvalue weighted by molar-refractivity contribution is 5.62. The van der Waals surface area contributed by atoms with Gasteiger partial charge in [-0.3, -0.25) is 4.90 Å². The van der Waals surface area contributed by atoms with Gasteiger partial charge in [0.1, 0.15) is 11.6 Å². The van der Waals surface area contributed by atoms with Gasteiger partial charge in [0.25, 0.3) is 0 Å². The molecular formula is C20H21F3N6O. The fraction of sp³-hybridized carbons (Fsp3) is 0.250. The van der Waals surface area contributed by atoms with Crippen molar-refractivity contribution in [2.75, 3.05) is 25.2 Å². The van der Waals surface area contributed by atoms with Crippen molar-refractivity contribution in [2.45, 2.75) is 19.3 Å². The maximum absolute atomic E-state index is 13.2. The Balaban J connectivity index is 1.76. The van der Waals surface area contributed by atoms with E-state index in [1.54, 1.807) is 37.3 Å². The molecule has 0 unspecified atom stereocenters. The number of para-hydroxylation sites is 2. The molecule has 1 heterocycles. The van der Waals surface area contributed by atoms with E-state index < -0.39 is 11.7 Å². The van der Waals surface area contributed by atoms with Crippen molar-refractivity contribution in [2.24, 2.45) is 0 Å². The minimum absolute atomic E-state index is 0.00138. The van der Waals surface area contributed by atoms with Crippen LogP contribution in [-0.2, 0) is 19.3 Å². The van der Waals surface area contributed by atoms with Gasteiger partial charge in [0.05, 0.1) is 24.9 Å². The monoisotopic (exact) mass is 418 g/mol. The van der Waals surface area contributed by atoms with Gasteiger partial charge in [0, 0.05) is 6.54 Å². The molecule has 3 rings (SSSR count). The number of anilines is 3. The van der Waals surface area contributed by atoms with Gasteiger partial charge in [-0.1, -0.05) is 30.3 Å². The van der Waals surface area contributed by atoms with Crippen molar-refractivity contribution in [1.82, 2.24) is 19.9 Å². The van der Waals surface area contributed by atoms with E-state index in [2.05, 4.69) is 20.3 Å². The van der Waals surface area contributed by atoms with E-state index in [1.165, 1.54) is 12.1 Å². The van der Waals surface area contributed by atoms with Crippen LogP contribution in [0.3, 0.4) is 0 Å². The summed E-state index contributed by atoms with van der Waals surface area (Å²) in [5.41, 5.74) is 5.94. The third-order valence-electron chi connectivity index (χ3n) is 4.23. The predicted molar refractivity (Wildman–Crippen MR) is 107 cm³/mol. The lowest BCUT2D eigenvalue weighted by atomic mass is 10.1. The van der Waals surface area contributed by atoms with E-state index >= 15 is 0 Å². The van der Waals surface area contributed by atoms with E-state index in [0.29, 0.717) is 17.3 Å². The standard InChI is InChI=1S/C20H21F3N6O/c1-29(11-13-7-3-4-8-14(13)20(21,22)23)12-17-26-18(24)28-19(27-17)25-15-9-5-6-10-16(15)30-2/h3-10H,11-12H2,1-2H3,(H3,24,25,26,27,28). The number of halogens is 3. The molecule has 0 aliphatic rings. The Morgan fingerprint density at radius 2 is 1.70 bits per heavy atom. The molecule has 0 aliphatic heterocycles. The Morgan fingerprint density at radius 1 is 1.00 bits per heavy atom. The van der Waals surface area contributed by atoms with Gasteiger partial charge >= 0.3 is 6.18 Å². The first-order valence-corrected chi connectivity index (χ1v) is 9.00. The van der Waals surface area contributed by atoms with E-state index in [9.17, 15) is 13.2 Å². The third kappa shape index (κ3) is 5.35. The number of methoxy groups -OCH3 is 1. The second kappa shape index (κ2) is 8.95. The molecule has 0 saturated carbocycles. The van der Waals surface area contributed by atoms with Crippen LogP contribution >= 0.6 is 0 Å². The molecule has 158 valence electrons. The van der Waals surface area contributed by atoms with Crippen molar-refractivity contribution in [3.63, 3.8) is 0 Å². The van der Waals surface area contributed by atoms with E-state index in [0.717, 1.165) is 6.07 Å². The normalized spacial score (nSPS) is 11.5. The van der Waals surface area contributed by atoms with Crippen LogP contribution in [-0.4, -0.2) is 34.0 Å². The SMILES string of the molecule is COc1ccccc1Nc1nc(N)nc(CN(C)Cc2ccccc2C(F)(F)F)n1. The van der Waals surface area contributed by atoms with Crippen LogP contribution in [0.15, 0.2) is 48.5 Å². The first-order chi connectivity index (χ1) is 14.3. The zero-order valence-corrected chi connectivity index (χ0v) is 16.4. The molecule has 1 aromatic heterocycles. The van der Waals surface area contributed by atoms with Crippen molar-refractivity contribution < 1.29 is 17.9 Å². The van der Waals surface area contributed by atoms with Crippen LogP contribution in [0, 0.1) is 0 Å². The number of hydrogen-bond donors (Lipinski definition) is 2. The van der Waals surface area contributed by atoms with Crippen LogP contribution in [0.2, 0.25) is 0 Å². The van der Waals surface area contributed by atoms with Crippen molar-refractivity contribution in [3.8, 4) is 5.75 Å². The first kappa shape index (κ1) is 21.3. The maximum atomic E-state index is 13.2. The summed E-state index contributed by atoms with van der Waals surface area (Å²) in [7, 11) is 3.22. The summed E-state index contributed by atoms with van der Waals surface area (Å²) >= 11 is 0. The summed E-state index contributed by atoms with van der Waals surface area (Å²) in [6.07, 6.45) is -4.42. The lowest BCUT2D eigenvalue weighted by Gasteiger charge is -2.19. The average molecular weight is 418 g/mol. The van der Waals surface area contributed by atoms with Gasteiger partial charge in [-0.05, 0) is 30.8 Å². The van der Waals surface area contributed by atoms with Crippen LogP contribution in [0.25, 0.3) is 0 Å². The average Bonchev–Trinajstić information content (AvgIpc) is 2.67. The second-order valence-corrected chi connectivity index (χ2v) is 6.59. The topological polar surface area (TPSA) is 89.2 Å². The molecular weight excluding hydrogens is 397 g/mol. The van der Waals surface area contributed by atoms with Crippen LogP contribution in [0.4, 0.5) is 30.8 Å². The highest BCUT2D eigenvalue weighted by atomic mass is 19.4. The molecule has 0 saturated heterocycles. The second-order valence-electron chi connectivity index (χ2n) is 6.59. The van der Waals surface area contributed by atoms with Gasteiger partial charge in [-0.15, -0.1) is 0 Å². The van der Waals surface area contributed by atoms with Crippen molar-refractivity contribution >= 4 is 17.6 Å². The zero-order chi connectivity index (χ0) is 21.7. The zero-order valence-electron chi connectivity index (χ0n) is 16.4. The molecule has 0 bridgehead atoms. The van der Waals surface area contributed by atoms with Crippen LogP contribution in [0.1, 0.15) is 17.0 Å². The van der Waals surface area contributed by atoms with Crippen LogP contribution < -0.4 is 15.8 Å². The number of aromatic nitrogens is 3. The lowest BCUT2D eigenvalue weighted by molar-refractivity contribution is -0.138. The molecule has 0 fully saturated rings. The number of nitrogens with two attached hydrogens (primary N) is 1. The number of hydrogen-bond acceptors (Lipinski definition) is 7. The number of nitrogens with zero attached hydrogens (tertiary/aromatic N) is 4. The number of nitrogens with one attached hydrogen (secondary N) is 1. The summed E-state index contributed by atoms with van der Waals surface area (Å²) in [4.78, 5) is 14.2. The van der Waals surface area contributed by atoms with Crippen LogP contribution in [0.5, 0.6) is 5.75 Å². The highest BCUT2D eigenvalue weighted by Crippen LogP contribution is 2.32. The van der Waals surface area contributed by atoms with E-state index in [1.807, 2.05) is 12.1 Å². The molecule has 2 aromatic carbocycles. The minimum atomic E-state index is -4.42. The minimum Gasteiger partial charge on any atom is -0.495 e. The Bertz CT molecular complexity index is 1010. The summed E-state index contributed by atoms with van der Waals surface area (Å²) in [6.45, 7) is 0.246. The summed E-state index contributed by atoms with van der Waals surface area (Å²) in [6, 6.07) is 12.7. The highest BCUT2D eigenvalue weighted by Gasteiger charge is 2.33.